The fourth-order valence-electron chi connectivity index (χ4n) is 2.44. The number of hydrogen-bond donors (Lipinski definition) is 1. The lowest BCUT2D eigenvalue weighted by Crippen LogP contribution is -2.31. The highest BCUT2D eigenvalue weighted by molar-refractivity contribution is 5.94. The molecule has 1 N–H and O–H groups in total. The molecule has 1 unspecified atom stereocenters. The Bertz CT molecular complexity index is 657. The van der Waals surface area contributed by atoms with E-state index in [0.717, 1.165) is 18.5 Å². The SMILES string of the molecule is CCCN(CC)C(=O)c1ccc(-c2nc(CC(C)NC)no2)cc1.Cl. The Morgan fingerprint density at radius 1 is 1.28 bits per heavy atom. The van der Waals surface area contributed by atoms with Crippen LogP contribution in [0.4, 0.5) is 0 Å². The molecular weight excluding hydrogens is 340 g/mol. The quantitative estimate of drug-likeness (QED) is 0.776. The van der Waals surface area contributed by atoms with Gasteiger partial charge in [0.15, 0.2) is 5.82 Å². The van der Waals surface area contributed by atoms with Gasteiger partial charge < -0.3 is 14.7 Å². The third kappa shape index (κ3) is 5.54. The van der Waals surface area contributed by atoms with E-state index in [4.69, 9.17) is 4.52 Å². The molecule has 0 bridgehead atoms. The van der Waals surface area contributed by atoms with Gasteiger partial charge in [-0.15, -0.1) is 12.4 Å². The molecule has 1 heterocycles. The average Bonchev–Trinajstić information content (AvgIpc) is 3.07. The minimum absolute atomic E-state index is 0. The number of rotatable bonds is 8. The number of nitrogens with one attached hydrogen (secondary N) is 1. The molecule has 0 radical (unpaired) electrons. The monoisotopic (exact) mass is 366 g/mol. The Hall–Kier alpha value is -1.92. The lowest BCUT2D eigenvalue weighted by Gasteiger charge is -2.20. The standard InChI is InChI=1S/C18H26N4O2.ClH/c1-5-11-22(6-2)18(23)15-9-7-14(8-10-15)17-20-16(21-24-17)12-13(3)19-4;/h7-10,13,19H,5-6,11-12H2,1-4H3;1H. The second kappa shape index (κ2) is 10.2. The van der Waals surface area contributed by atoms with E-state index in [1.165, 1.54) is 0 Å². The van der Waals surface area contributed by atoms with E-state index in [-0.39, 0.29) is 24.4 Å². The van der Waals surface area contributed by atoms with Crippen LogP contribution in [0, 0.1) is 0 Å². The summed E-state index contributed by atoms with van der Waals surface area (Å²) in [6, 6.07) is 7.62. The molecule has 2 rings (SSSR count). The number of aromatic nitrogens is 2. The highest BCUT2D eigenvalue weighted by atomic mass is 35.5. The van der Waals surface area contributed by atoms with Gasteiger partial charge in [-0.1, -0.05) is 12.1 Å². The third-order valence-corrected chi connectivity index (χ3v) is 3.99. The van der Waals surface area contributed by atoms with Gasteiger partial charge in [0, 0.05) is 36.7 Å². The summed E-state index contributed by atoms with van der Waals surface area (Å²) in [5.74, 6) is 1.21. The lowest BCUT2D eigenvalue weighted by atomic mass is 10.1. The van der Waals surface area contributed by atoms with Crippen LogP contribution in [0.1, 0.15) is 43.4 Å². The van der Waals surface area contributed by atoms with Gasteiger partial charge in [0.2, 0.25) is 0 Å². The van der Waals surface area contributed by atoms with Crippen LogP contribution < -0.4 is 5.32 Å². The van der Waals surface area contributed by atoms with Crippen molar-refractivity contribution in [3.8, 4) is 11.5 Å². The van der Waals surface area contributed by atoms with Crippen molar-refractivity contribution in [1.82, 2.24) is 20.4 Å². The number of halogens is 1. The molecule has 1 aromatic heterocycles. The topological polar surface area (TPSA) is 71.3 Å². The molecule has 0 fully saturated rings. The zero-order valence-corrected chi connectivity index (χ0v) is 16.1. The smallest absolute Gasteiger partial charge is 0.257 e. The minimum atomic E-state index is 0. The maximum Gasteiger partial charge on any atom is 0.257 e. The fourth-order valence-corrected chi connectivity index (χ4v) is 2.44. The summed E-state index contributed by atoms with van der Waals surface area (Å²) < 4.78 is 5.32. The van der Waals surface area contributed by atoms with Gasteiger partial charge in [0.05, 0.1) is 0 Å². The summed E-state index contributed by atoms with van der Waals surface area (Å²) in [4.78, 5) is 18.7. The first-order valence-electron chi connectivity index (χ1n) is 8.48. The number of hydrogen-bond acceptors (Lipinski definition) is 5. The molecule has 0 saturated carbocycles. The average molecular weight is 367 g/mol. The molecule has 25 heavy (non-hydrogen) atoms. The van der Waals surface area contributed by atoms with E-state index in [1.54, 1.807) is 0 Å². The molecule has 0 aliphatic rings. The lowest BCUT2D eigenvalue weighted by molar-refractivity contribution is 0.0764. The van der Waals surface area contributed by atoms with Crippen molar-refractivity contribution in [1.29, 1.82) is 0 Å². The number of carbonyl (C=O) groups excluding carboxylic acids is 1. The van der Waals surface area contributed by atoms with Crippen LogP contribution in [0.5, 0.6) is 0 Å². The van der Waals surface area contributed by atoms with Crippen LogP contribution in [-0.2, 0) is 6.42 Å². The number of carbonyl (C=O) groups is 1. The maximum absolute atomic E-state index is 12.4. The van der Waals surface area contributed by atoms with E-state index in [1.807, 2.05) is 43.1 Å². The zero-order chi connectivity index (χ0) is 17.5. The van der Waals surface area contributed by atoms with Gasteiger partial charge in [-0.2, -0.15) is 4.98 Å². The highest BCUT2D eigenvalue weighted by Crippen LogP contribution is 2.19. The first-order chi connectivity index (χ1) is 11.6. The first kappa shape index (κ1) is 21.1. The Balaban J connectivity index is 0.00000312. The molecule has 0 spiro atoms. The van der Waals surface area contributed by atoms with Crippen LogP contribution in [0.3, 0.4) is 0 Å². The summed E-state index contributed by atoms with van der Waals surface area (Å²) in [7, 11) is 1.90. The Morgan fingerprint density at radius 2 is 1.96 bits per heavy atom. The second-order valence-corrected chi connectivity index (χ2v) is 5.87. The predicted octanol–water partition coefficient (Wildman–Crippen LogP) is 3.18. The van der Waals surface area contributed by atoms with Gasteiger partial charge in [0.1, 0.15) is 0 Å². The van der Waals surface area contributed by atoms with E-state index in [2.05, 4.69) is 29.3 Å². The number of likely N-dealkylation sites (N-methyl/N-ethyl adjacent to an activating group) is 1. The Kier molecular flexibility index (Phi) is 8.58. The van der Waals surface area contributed by atoms with Crippen LogP contribution in [0.15, 0.2) is 28.8 Å². The predicted molar refractivity (Wildman–Crippen MR) is 101 cm³/mol. The Labute approximate surface area is 155 Å². The fraction of sp³-hybridized carbons (Fsp3) is 0.500. The van der Waals surface area contributed by atoms with E-state index in [9.17, 15) is 4.79 Å². The van der Waals surface area contributed by atoms with E-state index >= 15 is 0 Å². The van der Waals surface area contributed by atoms with Crippen molar-refractivity contribution in [3.63, 3.8) is 0 Å². The molecule has 1 atom stereocenters. The van der Waals surface area contributed by atoms with Crippen LogP contribution in [0.2, 0.25) is 0 Å². The molecule has 2 aromatic rings. The molecular formula is C18H27ClN4O2. The van der Waals surface area contributed by atoms with Crippen LogP contribution >= 0.6 is 12.4 Å². The summed E-state index contributed by atoms with van der Waals surface area (Å²) in [6.07, 6.45) is 1.66. The van der Waals surface area contributed by atoms with Crippen LogP contribution in [-0.4, -0.2) is 47.1 Å². The molecule has 0 aliphatic carbocycles. The van der Waals surface area contributed by atoms with Gasteiger partial charge >= 0.3 is 0 Å². The largest absolute Gasteiger partial charge is 0.339 e. The van der Waals surface area contributed by atoms with Crippen molar-refractivity contribution in [2.45, 2.75) is 39.7 Å². The van der Waals surface area contributed by atoms with Crippen molar-refractivity contribution < 1.29 is 9.32 Å². The number of benzene rings is 1. The Morgan fingerprint density at radius 3 is 2.52 bits per heavy atom. The molecule has 138 valence electrons. The van der Waals surface area contributed by atoms with Crippen LogP contribution in [0.25, 0.3) is 11.5 Å². The van der Waals surface area contributed by atoms with Crippen molar-refractivity contribution >= 4 is 18.3 Å². The summed E-state index contributed by atoms with van der Waals surface area (Å²) >= 11 is 0. The van der Waals surface area contributed by atoms with Gasteiger partial charge in [-0.05, 0) is 51.6 Å². The van der Waals surface area contributed by atoms with Crippen molar-refractivity contribution in [2.24, 2.45) is 0 Å². The van der Waals surface area contributed by atoms with E-state index < -0.39 is 0 Å². The van der Waals surface area contributed by atoms with E-state index in [0.29, 0.717) is 30.2 Å². The third-order valence-electron chi connectivity index (χ3n) is 3.99. The van der Waals surface area contributed by atoms with Gasteiger partial charge in [0.25, 0.3) is 11.8 Å². The summed E-state index contributed by atoms with van der Waals surface area (Å²) in [6.45, 7) is 7.61. The summed E-state index contributed by atoms with van der Waals surface area (Å²) in [5, 5.41) is 7.15. The number of nitrogens with zero attached hydrogens (tertiary/aromatic N) is 3. The molecule has 6 nitrogen and oxygen atoms in total. The van der Waals surface area contributed by atoms with Crippen molar-refractivity contribution in [2.75, 3.05) is 20.1 Å². The number of amides is 1. The zero-order valence-electron chi connectivity index (χ0n) is 15.3. The highest BCUT2D eigenvalue weighted by Gasteiger charge is 2.15. The summed E-state index contributed by atoms with van der Waals surface area (Å²) in [5.41, 5.74) is 1.50. The molecule has 1 amide bonds. The maximum atomic E-state index is 12.4. The second-order valence-electron chi connectivity index (χ2n) is 5.87. The molecule has 0 saturated heterocycles. The normalized spacial score (nSPS) is 11.7. The van der Waals surface area contributed by atoms with Gasteiger partial charge in [-0.25, -0.2) is 0 Å². The van der Waals surface area contributed by atoms with Crippen molar-refractivity contribution in [3.05, 3.63) is 35.7 Å². The molecule has 7 heteroatoms. The molecule has 0 aliphatic heterocycles. The van der Waals surface area contributed by atoms with Gasteiger partial charge in [-0.3, -0.25) is 4.79 Å². The minimum Gasteiger partial charge on any atom is -0.339 e. The molecule has 1 aromatic carbocycles. The first-order valence-corrected chi connectivity index (χ1v) is 8.48.